The van der Waals surface area contributed by atoms with Crippen LogP contribution >= 0.6 is 0 Å². The van der Waals surface area contributed by atoms with Crippen molar-refractivity contribution in [2.75, 3.05) is 6.54 Å². The number of hydrogen-bond acceptors (Lipinski definition) is 6. The molecule has 0 radical (unpaired) electrons. The number of allylic oxidation sites excluding steroid dienone is 1. The van der Waals surface area contributed by atoms with Crippen LogP contribution in [0.2, 0.25) is 0 Å². The number of hydrogen-bond donors (Lipinski definition) is 5. The van der Waals surface area contributed by atoms with Crippen molar-refractivity contribution >= 4 is 11.7 Å². The molecule has 6 N–H and O–H groups in total. The number of Topliss-reactive ketones (excluding diaryl/α,β-unsaturated/α-hetero) is 1. The average Bonchev–Trinajstić information content (AvgIpc) is 3.16. The van der Waals surface area contributed by atoms with Gasteiger partial charge in [0.15, 0.2) is 5.78 Å². The Bertz CT molecular complexity index is 812. The zero-order valence-corrected chi connectivity index (χ0v) is 24.1. The molecule has 1 saturated carbocycles. The summed E-state index contributed by atoms with van der Waals surface area (Å²) in [4.78, 5) is 27.5. The zero-order valence-electron chi connectivity index (χ0n) is 24.1. The number of aliphatic hydroxyl groups excluding tert-OH is 2. The third-order valence-corrected chi connectivity index (χ3v) is 7.97. The molecule has 5 atom stereocenters. The van der Waals surface area contributed by atoms with Crippen molar-refractivity contribution in [3.63, 3.8) is 0 Å². The Kier molecular flexibility index (Phi) is 12.3. The molecule has 2 aliphatic rings. The number of rotatable bonds is 14. The highest BCUT2D eigenvalue weighted by molar-refractivity contribution is 6.09. The fourth-order valence-electron chi connectivity index (χ4n) is 5.73. The number of carbonyl (C=O) groups excluding carboxylic acids is 2. The quantitative estimate of drug-likeness (QED) is 0.221. The zero-order chi connectivity index (χ0) is 27.8. The molecule has 0 unspecified atom stereocenters. The van der Waals surface area contributed by atoms with Crippen molar-refractivity contribution in [2.45, 2.75) is 123 Å². The first kappa shape index (κ1) is 31.5. The van der Waals surface area contributed by atoms with Crippen LogP contribution in [0.25, 0.3) is 0 Å². The van der Waals surface area contributed by atoms with E-state index in [1.54, 1.807) is 6.20 Å². The SMILES string of the molecule is CC(C)=CC[C@]1(CN)NC=C([C@@H](CC(C)C)C(=O)N[C@@H](CC2CCCCC2)[C@@H](O)[C@@H](O)CC(C)C)C1=O. The first-order valence-electron chi connectivity index (χ1n) is 14.4. The summed E-state index contributed by atoms with van der Waals surface area (Å²) in [7, 11) is 0. The lowest BCUT2D eigenvalue weighted by molar-refractivity contribution is -0.129. The van der Waals surface area contributed by atoms with E-state index >= 15 is 0 Å². The summed E-state index contributed by atoms with van der Waals surface area (Å²) in [6.45, 7) is 12.2. The van der Waals surface area contributed by atoms with Gasteiger partial charge in [-0.3, -0.25) is 9.59 Å². The fourth-order valence-corrected chi connectivity index (χ4v) is 5.73. The van der Waals surface area contributed by atoms with Crippen molar-refractivity contribution in [3.8, 4) is 0 Å². The van der Waals surface area contributed by atoms with Gasteiger partial charge in [0.05, 0.1) is 18.1 Å². The molecule has 0 aromatic heterocycles. The van der Waals surface area contributed by atoms with Crippen LogP contribution in [0.4, 0.5) is 0 Å². The minimum atomic E-state index is -1.06. The van der Waals surface area contributed by atoms with Crippen molar-refractivity contribution < 1.29 is 19.8 Å². The first-order valence-corrected chi connectivity index (χ1v) is 14.4. The van der Waals surface area contributed by atoms with Gasteiger partial charge in [0, 0.05) is 18.3 Å². The second-order valence-electron chi connectivity index (χ2n) is 12.6. The molecule has 2 rings (SSSR count). The number of nitrogens with one attached hydrogen (secondary N) is 2. The van der Waals surface area contributed by atoms with Crippen molar-refractivity contribution in [1.29, 1.82) is 0 Å². The highest BCUT2D eigenvalue weighted by Crippen LogP contribution is 2.33. The van der Waals surface area contributed by atoms with E-state index in [-0.39, 0.29) is 30.1 Å². The predicted molar refractivity (Wildman–Crippen MR) is 150 cm³/mol. The monoisotopic (exact) mass is 519 g/mol. The van der Waals surface area contributed by atoms with E-state index in [2.05, 4.69) is 10.6 Å². The highest BCUT2D eigenvalue weighted by atomic mass is 16.3. The maximum absolute atomic E-state index is 13.8. The Labute approximate surface area is 224 Å². The van der Waals surface area contributed by atoms with Crippen LogP contribution in [0.3, 0.4) is 0 Å². The van der Waals surface area contributed by atoms with Crippen LogP contribution in [0.5, 0.6) is 0 Å². The van der Waals surface area contributed by atoms with E-state index in [4.69, 9.17) is 5.73 Å². The van der Waals surface area contributed by atoms with E-state index in [1.807, 2.05) is 47.6 Å². The molecule has 37 heavy (non-hydrogen) atoms. The van der Waals surface area contributed by atoms with Crippen molar-refractivity contribution in [1.82, 2.24) is 10.6 Å². The smallest absolute Gasteiger partial charge is 0.228 e. The Morgan fingerprint density at radius 3 is 2.30 bits per heavy atom. The van der Waals surface area contributed by atoms with Gasteiger partial charge in [0.2, 0.25) is 5.91 Å². The summed E-state index contributed by atoms with van der Waals surface area (Å²) >= 11 is 0. The van der Waals surface area contributed by atoms with Gasteiger partial charge < -0.3 is 26.6 Å². The third-order valence-electron chi connectivity index (χ3n) is 7.97. The molecule has 1 aliphatic heterocycles. The van der Waals surface area contributed by atoms with Crippen molar-refractivity contribution in [2.24, 2.45) is 29.4 Å². The molecular weight excluding hydrogens is 466 g/mol. The molecule has 7 heteroatoms. The lowest BCUT2D eigenvalue weighted by atomic mass is 9.80. The van der Waals surface area contributed by atoms with Crippen LogP contribution < -0.4 is 16.4 Å². The number of nitrogens with two attached hydrogens (primary N) is 1. The number of carbonyl (C=O) groups is 2. The molecule has 0 spiro atoms. The number of aliphatic hydroxyl groups is 2. The summed E-state index contributed by atoms with van der Waals surface area (Å²) in [5.74, 6) is -0.223. The van der Waals surface area contributed by atoms with Crippen LogP contribution in [0.1, 0.15) is 99.3 Å². The standard InChI is InChI=1S/C30H53N3O4/c1-19(2)12-13-30(18-31)28(36)24(17-32-30)23(14-20(3)4)29(37)33-25(16-22-10-8-7-9-11-22)27(35)26(34)15-21(5)6/h12,17,20-23,25-27,32,34-35H,7-11,13-16,18,31H2,1-6H3,(H,33,37)/t23-,25+,26+,27-,30-/m1/s1. The van der Waals surface area contributed by atoms with Gasteiger partial charge >= 0.3 is 0 Å². The lowest BCUT2D eigenvalue weighted by Crippen LogP contribution is -2.53. The molecule has 7 nitrogen and oxygen atoms in total. The van der Waals surface area contributed by atoms with Crippen molar-refractivity contribution in [3.05, 3.63) is 23.4 Å². The van der Waals surface area contributed by atoms with E-state index < -0.39 is 29.7 Å². The van der Waals surface area contributed by atoms with E-state index in [0.717, 1.165) is 31.3 Å². The maximum Gasteiger partial charge on any atom is 0.228 e. The molecule has 0 aromatic rings. The molecule has 1 heterocycles. The largest absolute Gasteiger partial charge is 0.390 e. The van der Waals surface area contributed by atoms with Gasteiger partial charge in [0.25, 0.3) is 0 Å². The summed E-state index contributed by atoms with van der Waals surface area (Å²) < 4.78 is 0. The average molecular weight is 520 g/mol. The molecule has 1 amide bonds. The van der Waals surface area contributed by atoms with Gasteiger partial charge in [-0.2, -0.15) is 0 Å². The second kappa shape index (κ2) is 14.5. The summed E-state index contributed by atoms with van der Waals surface area (Å²) in [5, 5.41) is 28.2. The predicted octanol–water partition coefficient (Wildman–Crippen LogP) is 3.98. The van der Waals surface area contributed by atoms with Crippen LogP contribution in [-0.2, 0) is 9.59 Å². The summed E-state index contributed by atoms with van der Waals surface area (Å²) in [6.07, 6.45) is 9.47. The Balaban J connectivity index is 2.28. The van der Waals surface area contributed by atoms with Crippen LogP contribution in [0, 0.1) is 23.7 Å². The number of ketones is 1. The number of amides is 1. The van der Waals surface area contributed by atoms with E-state index in [1.165, 1.54) is 6.42 Å². The van der Waals surface area contributed by atoms with Crippen LogP contribution in [0.15, 0.2) is 23.4 Å². The van der Waals surface area contributed by atoms with Gasteiger partial charge in [-0.15, -0.1) is 0 Å². The Morgan fingerprint density at radius 1 is 1.14 bits per heavy atom. The molecule has 1 fully saturated rings. The third kappa shape index (κ3) is 8.93. The fraction of sp³-hybridized carbons (Fsp3) is 0.800. The molecular formula is C30H53N3O4. The van der Waals surface area contributed by atoms with Crippen LogP contribution in [-0.4, -0.2) is 52.2 Å². The summed E-state index contributed by atoms with van der Waals surface area (Å²) in [5.41, 5.74) is 6.70. The second-order valence-corrected chi connectivity index (χ2v) is 12.6. The molecule has 0 saturated heterocycles. The highest BCUT2D eigenvalue weighted by Gasteiger charge is 2.45. The lowest BCUT2D eigenvalue weighted by Gasteiger charge is -2.34. The van der Waals surface area contributed by atoms with Gasteiger partial charge in [0.1, 0.15) is 11.6 Å². The van der Waals surface area contributed by atoms with E-state index in [9.17, 15) is 19.8 Å². The minimum absolute atomic E-state index is 0.127. The first-order chi connectivity index (χ1) is 17.4. The minimum Gasteiger partial charge on any atom is -0.390 e. The molecule has 0 aromatic carbocycles. The van der Waals surface area contributed by atoms with E-state index in [0.29, 0.717) is 37.2 Å². The van der Waals surface area contributed by atoms with Gasteiger partial charge in [-0.25, -0.2) is 0 Å². The van der Waals surface area contributed by atoms with Gasteiger partial charge in [-0.05, 0) is 57.3 Å². The Hall–Kier alpha value is -1.70. The molecule has 0 bridgehead atoms. The maximum atomic E-state index is 13.8. The topological polar surface area (TPSA) is 125 Å². The normalized spacial score (nSPS) is 23.9. The summed E-state index contributed by atoms with van der Waals surface area (Å²) in [6, 6.07) is -0.561. The Morgan fingerprint density at radius 2 is 1.76 bits per heavy atom. The molecule has 1 aliphatic carbocycles. The van der Waals surface area contributed by atoms with Gasteiger partial charge in [-0.1, -0.05) is 71.4 Å². The molecule has 212 valence electrons.